The third-order valence-electron chi connectivity index (χ3n) is 5.28. The summed E-state index contributed by atoms with van der Waals surface area (Å²) in [6.45, 7) is 0.968. The van der Waals surface area contributed by atoms with Crippen LogP contribution in [0.5, 0.6) is 0 Å². The van der Waals surface area contributed by atoms with Gasteiger partial charge in [-0.15, -0.1) is 0 Å². The zero-order chi connectivity index (χ0) is 24.8. The average Bonchev–Trinajstić information content (AvgIpc) is 3.23. The zero-order valence-electron chi connectivity index (χ0n) is 18.9. The Kier molecular flexibility index (Phi) is 7.69. The van der Waals surface area contributed by atoms with Crippen LogP contribution in [-0.2, 0) is 31.0 Å². The second kappa shape index (κ2) is 11.1. The van der Waals surface area contributed by atoms with Crippen molar-refractivity contribution in [1.29, 1.82) is 0 Å². The molecule has 35 heavy (non-hydrogen) atoms. The van der Waals surface area contributed by atoms with Gasteiger partial charge in [0.25, 0.3) is 11.5 Å². The maximum atomic E-state index is 14.0. The Morgan fingerprint density at radius 2 is 1.86 bits per heavy atom. The number of methoxy groups -OCH3 is 1. The normalized spacial score (nSPS) is 10.9. The van der Waals surface area contributed by atoms with Crippen LogP contribution >= 0.6 is 11.6 Å². The fourth-order valence-corrected chi connectivity index (χ4v) is 3.68. The van der Waals surface area contributed by atoms with Crippen LogP contribution < -0.4 is 10.9 Å². The van der Waals surface area contributed by atoms with Crippen molar-refractivity contribution in [2.75, 3.05) is 7.11 Å². The molecule has 0 spiro atoms. The molecule has 0 saturated heterocycles. The van der Waals surface area contributed by atoms with Gasteiger partial charge in [-0.1, -0.05) is 41.9 Å². The molecule has 0 aliphatic rings. The summed E-state index contributed by atoms with van der Waals surface area (Å²) in [5, 5.41) is 7.33. The summed E-state index contributed by atoms with van der Waals surface area (Å²) in [5.74, 6) is -1.01. The van der Waals surface area contributed by atoms with Gasteiger partial charge in [0.05, 0.1) is 42.5 Å². The molecule has 3 aromatic heterocycles. The van der Waals surface area contributed by atoms with Gasteiger partial charge in [0.2, 0.25) is 0 Å². The molecule has 0 saturated carbocycles. The monoisotopic (exact) mass is 495 g/mol. The summed E-state index contributed by atoms with van der Waals surface area (Å²) < 4.78 is 22.4. The van der Waals surface area contributed by atoms with Crippen LogP contribution in [0.2, 0.25) is 5.02 Å². The molecule has 0 bridgehead atoms. The molecule has 4 rings (SSSR count). The summed E-state index contributed by atoms with van der Waals surface area (Å²) >= 11 is 5.72. The lowest BCUT2D eigenvalue weighted by Crippen LogP contribution is -2.24. The molecule has 0 aliphatic heterocycles. The quantitative estimate of drug-likeness (QED) is 0.384. The van der Waals surface area contributed by atoms with E-state index < -0.39 is 11.7 Å². The molecule has 3 heterocycles. The number of hydrogen-bond donors (Lipinski definition) is 1. The highest BCUT2D eigenvalue weighted by Gasteiger charge is 2.17. The molecule has 1 aromatic carbocycles. The number of nitrogens with zero attached hydrogens (tertiary/aromatic N) is 4. The number of pyridine rings is 2. The van der Waals surface area contributed by atoms with Crippen molar-refractivity contribution in [2.24, 2.45) is 0 Å². The topological polar surface area (TPSA) is 91.0 Å². The van der Waals surface area contributed by atoms with Gasteiger partial charge in [-0.2, -0.15) is 5.10 Å². The predicted molar refractivity (Wildman–Crippen MR) is 129 cm³/mol. The molecular weight excluding hydrogens is 473 g/mol. The highest BCUT2D eigenvalue weighted by molar-refractivity contribution is 6.30. The van der Waals surface area contributed by atoms with Crippen LogP contribution in [0, 0.1) is 5.82 Å². The molecule has 1 N–H and O–H groups in total. The van der Waals surface area contributed by atoms with Crippen molar-refractivity contribution < 1.29 is 13.9 Å². The first-order chi connectivity index (χ1) is 16.9. The molecule has 0 atom stereocenters. The first-order valence-corrected chi connectivity index (χ1v) is 11.2. The number of halogens is 2. The zero-order valence-corrected chi connectivity index (χ0v) is 19.7. The fourth-order valence-electron chi connectivity index (χ4n) is 3.53. The standard InChI is InChI=1S/C25H23ClFN5O3/c1-35-16-23-20(25(34)29-12-22-21(27)10-19(26)11-28-22)15-32(30-23)14-18-7-5-17(6-8-18)13-31-9-3-2-4-24(31)33/h2-11,15H,12-14,16H2,1H3,(H,29,34). The van der Waals surface area contributed by atoms with E-state index in [2.05, 4.69) is 15.4 Å². The first kappa shape index (κ1) is 24.3. The Morgan fingerprint density at radius 1 is 1.11 bits per heavy atom. The Balaban J connectivity index is 1.44. The van der Waals surface area contributed by atoms with E-state index in [0.29, 0.717) is 24.3 Å². The number of rotatable bonds is 9. The molecule has 0 aliphatic carbocycles. The van der Waals surface area contributed by atoms with Crippen molar-refractivity contribution in [3.63, 3.8) is 0 Å². The molecule has 0 unspecified atom stereocenters. The molecule has 8 nitrogen and oxygen atoms in total. The minimum Gasteiger partial charge on any atom is -0.378 e. The number of hydrogen-bond acceptors (Lipinski definition) is 5. The lowest BCUT2D eigenvalue weighted by Gasteiger charge is -2.07. The van der Waals surface area contributed by atoms with E-state index in [-0.39, 0.29) is 29.4 Å². The number of aromatic nitrogens is 4. The molecule has 180 valence electrons. The van der Waals surface area contributed by atoms with Gasteiger partial charge in [-0.3, -0.25) is 19.3 Å². The number of benzene rings is 1. The Bertz CT molecular complexity index is 1380. The van der Waals surface area contributed by atoms with Gasteiger partial charge >= 0.3 is 0 Å². The highest BCUT2D eigenvalue weighted by Crippen LogP contribution is 2.14. The van der Waals surface area contributed by atoms with Crippen molar-refractivity contribution in [2.45, 2.75) is 26.2 Å². The number of nitrogens with one attached hydrogen (secondary N) is 1. The lowest BCUT2D eigenvalue weighted by atomic mass is 10.1. The van der Waals surface area contributed by atoms with Gasteiger partial charge in [0, 0.05) is 31.8 Å². The second-order valence-electron chi connectivity index (χ2n) is 7.87. The van der Waals surface area contributed by atoms with Gasteiger partial charge in [-0.05, 0) is 23.3 Å². The third-order valence-corrected chi connectivity index (χ3v) is 5.49. The average molecular weight is 496 g/mol. The Labute approximate surface area is 206 Å². The number of carbonyl (C=O) groups excluding carboxylic acids is 1. The maximum absolute atomic E-state index is 14.0. The largest absolute Gasteiger partial charge is 0.378 e. The number of carbonyl (C=O) groups is 1. The minimum absolute atomic E-state index is 0.0563. The Morgan fingerprint density at radius 3 is 2.54 bits per heavy atom. The highest BCUT2D eigenvalue weighted by atomic mass is 35.5. The molecule has 0 radical (unpaired) electrons. The summed E-state index contributed by atoms with van der Waals surface area (Å²) in [7, 11) is 1.52. The number of amides is 1. The molecule has 1 amide bonds. The SMILES string of the molecule is COCc1nn(Cc2ccc(Cn3ccccc3=O)cc2)cc1C(=O)NCc1ncc(Cl)cc1F. The molecule has 0 fully saturated rings. The van der Waals surface area contributed by atoms with Crippen molar-refractivity contribution in [3.8, 4) is 0 Å². The van der Waals surface area contributed by atoms with Gasteiger partial charge in [0.15, 0.2) is 0 Å². The maximum Gasteiger partial charge on any atom is 0.255 e. The molecule has 4 aromatic rings. The summed E-state index contributed by atoms with van der Waals surface area (Å²) in [6, 6.07) is 14.0. The van der Waals surface area contributed by atoms with Crippen LogP contribution in [0.3, 0.4) is 0 Å². The second-order valence-corrected chi connectivity index (χ2v) is 8.30. The molecular formula is C25H23ClFN5O3. The van der Waals surface area contributed by atoms with Crippen LogP contribution in [0.15, 0.2) is 71.9 Å². The predicted octanol–water partition coefficient (Wildman–Crippen LogP) is 3.41. The van der Waals surface area contributed by atoms with Crippen LogP contribution in [0.1, 0.15) is 32.9 Å². The van der Waals surface area contributed by atoms with E-state index in [4.69, 9.17) is 16.3 Å². The minimum atomic E-state index is -0.591. The van der Waals surface area contributed by atoms with E-state index in [1.54, 1.807) is 27.7 Å². The lowest BCUT2D eigenvalue weighted by molar-refractivity contribution is 0.0945. The Hall–Kier alpha value is -3.82. The third kappa shape index (κ3) is 6.20. The fraction of sp³-hybridized carbons (Fsp3) is 0.200. The van der Waals surface area contributed by atoms with E-state index in [1.807, 2.05) is 30.3 Å². The summed E-state index contributed by atoms with van der Waals surface area (Å²) in [4.78, 5) is 28.6. The van der Waals surface area contributed by atoms with Crippen LogP contribution in [0.4, 0.5) is 4.39 Å². The smallest absolute Gasteiger partial charge is 0.255 e. The number of ether oxygens (including phenoxy) is 1. The van der Waals surface area contributed by atoms with Crippen LogP contribution in [0.25, 0.3) is 0 Å². The van der Waals surface area contributed by atoms with E-state index in [0.717, 1.165) is 17.2 Å². The van der Waals surface area contributed by atoms with E-state index >= 15 is 0 Å². The van der Waals surface area contributed by atoms with Crippen molar-refractivity contribution in [3.05, 3.63) is 116 Å². The summed E-state index contributed by atoms with van der Waals surface area (Å²) in [6.07, 6.45) is 4.71. The van der Waals surface area contributed by atoms with Gasteiger partial charge in [-0.25, -0.2) is 4.39 Å². The van der Waals surface area contributed by atoms with Crippen molar-refractivity contribution in [1.82, 2.24) is 24.6 Å². The van der Waals surface area contributed by atoms with Gasteiger partial charge < -0.3 is 14.6 Å². The van der Waals surface area contributed by atoms with Crippen molar-refractivity contribution >= 4 is 17.5 Å². The van der Waals surface area contributed by atoms with E-state index in [9.17, 15) is 14.0 Å². The first-order valence-electron chi connectivity index (χ1n) is 10.8. The molecule has 10 heteroatoms. The van der Waals surface area contributed by atoms with E-state index in [1.165, 1.54) is 19.4 Å². The van der Waals surface area contributed by atoms with Crippen LogP contribution in [-0.4, -0.2) is 32.3 Å². The summed E-state index contributed by atoms with van der Waals surface area (Å²) in [5.41, 5.74) is 2.79. The van der Waals surface area contributed by atoms with Gasteiger partial charge in [0.1, 0.15) is 11.5 Å².